The second-order valence-electron chi connectivity index (χ2n) is 6.17. The lowest BCUT2D eigenvalue weighted by Crippen LogP contribution is -2.23. The number of benzene rings is 2. The molecular formula is C18H17FN2O2S2. The van der Waals surface area contributed by atoms with Crippen molar-refractivity contribution in [1.82, 2.24) is 5.32 Å². The maximum Gasteiger partial charge on any atom is 0.271 e. The number of anilines is 1. The van der Waals surface area contributed by atoms with Crippen LogP contribution in [0.5, 0.6) is 0 Å². The maximum absolute atomic E-state index is 13.5. The third-order valence-corrected chi connectivity index (χ3v) is 7.72. The fourth-order valence-corrected chi connectivity index (χ4v) is 5.97. The van der Waals surface area contributed by atoms with Crippen LogP contribution in [0.25, 0.3) is 10.1 Å². The van der Waals surface area contributed by atoms with E-state index in [0.717, 1.165) is 41.1 Å². The summed E-state index contributed by atoms with van der Waals surface area (Å²) in [5.74, 6) is -0.368. The number of fused-ring (bicyclic) bond motifs is 2. The highest BCUT2D eigenvalue weighted by atomic mass is 32.2. The molecule has 4 rings (SSSR count). The molecule has 1 aliphatic heterocycles. The highest BCUT2D eigenvalue weighted by Gasteiger charge is 2.22. The maximum atomic E-state index is 13.5. The van der Waals surface area contributed by atoms with E-state index in [1.807, 2.05) is 12.1 Å². The monoisotopic (exact) mass is 376 g/mol. The molecule has 0 radical (unpaired) electrons. The summed E-state index contributed by atoms with van der Waals surface area (Å²) in [6, 6.07) is 9.99. The van der Waals surface area contributed by atoms with Gasteiger partial charge in [-0.3, -0.25) is 4.72 Å². The van der Waals surface area contributed by atoms with Crippen LogP contribution >= 0.6 is 11.3 Å². The van der Waals surface area contributed by atoms with E-state index < -0.39 is 10.0 Å². The van der Waals surface area contributed by atoms with Crippen molar-refractivity contribution in [1.29, 1.82) is 0 Å². The Morgan fingerprint density at radius 2 is 2.00 bits per heavy atom. The Kier molecular flexibility index (Phi) is 4.02. The van der Waals surface area contributed by atoms with Gasteiger partial charge in [-0.05, 0) is 72.3 Å². The van der Waals surface area contributed by atoms with Gasteiger partial charge in [-0.15, -0.1) is 11.3 Å². The van der Waals surface area contributed by atoms with Gasteiger partial charge in [0.15, 0.2) is 0 Å². The third-order valence-electron chi connectivity index (χ3n) is 4.44. The molecule has 3 aromatic rings. The zero-order chi connectivity index (χ0) is 17.6. The molecule has 130 valence electrons. The van der Waals surface area contributed by atoms with Crippen LogP contribution in [0.2, 0.25) is 0 Å². The topological polar surface area (TPSA) is 58.2 Å². The first-order valence-corrected chi connectivity index (χ1v) is 10.3. The lowest BCUT2D eigenvalue weighted by molar-refractivity contribution is 0.602. The largest absolute Gasteiger partial charge is 0.312 e. The molecule has 2 aromatic carbocycles. The van der Waals surface area contributed by atoms with Crippen molar-refractivity contribution < 1.29 is 12.8 Å². The van der Waals surface area contributed by atoms with Crippen LogP contribution in [0.1, 0.15) is 16.7 Å². The molecule has 0 amide bonds. The zero-order valence-corrected chi connectivity index (χ0v) is 15.2. The molecule has 4 nitrogen and oxygen atoms in total. The molecule has 0 atom stereocenters. The quantitative estimate of drug-likeness (QED) is 0.731. The SMILES string of the molecule is Cc1c(S(=O)(=O)Nc2ccc3c(c2)CNCC3)sc2ccc(F)cc12. The number of thiophene rings is 1. The van der Waals surface area contributed by atoms with Gasteiger partial charge in [0.2, 0.25) is 0 Å². The molecule has 0 spiro atoms. The van der Waals surface area contributed by atoms with Crippen molar-refractivity contribution >= 4 is 37.1 Å². The average molecular weight is 376 g/mol. The van der Waals surface area contributed by atoms with E-state index in [1.165, 1.54) is 17.7 Å². The Balaban J connectivity index is 1.71. The molecule has 25 heavy (non-hydrogen) atoms. The van der Waals surface area contributed by atoms with Crippen molar-refractivity contribution in [3.05, 3.63) is 58.9 Å². The van der Waals surface area contributed by atoms with Gasteiger partial charge in [-0.25, -0.2) is 12.8 Å². The van der Waals surface area contributed by atoms with Crippen LogP contribution in [-0.4, -0.2) is 15.0 Å². The average Bonchev–Trinajstić information content (AvgIpc) is 2.92. The number of halogens is 1. The van der Waals surface area contributed by atoms with Crippen LogP contribution < -0.4 is 10.0 Å². The van der Waals surface area contributed by atoms with Gasteiger partial charge in [0.25, 0.3) is 10.0 Å². The van der Waals surface area contributed by atoms with Crippen LogP contribution in [0, 0.1) is 12.7 Å². The van der Waals surface area contributed by atoms with Crippen molar-refractivity contribution in [2.24, 2.45) is 0 Å². The van der Waals surface area contributed by atoms with Crippen LogP contribution in [0.3, 0.4) is 0 Å². The fourth-order valence-electron chi connectivity index (χ4n) is 3.17. The standard InChI is InChI=1S/C18H17FN2O2S2/c1-11-16-9-14(19)3-5-17(16)24-18(11)25(22,23)21-15-4-2-12-6-7-20-10-13(12)8-15/h2-5,8-9,20-21H,6-7,10H2,1H3. The van der Waals surface area contributed by atoms with E-state index in [1.54, 1.807) is 19.1 Å². The summed E-state index contributed by atoms with van der Waals surface area (Å²) in [6.45, 7) is 3.39. The molecule has 0 fully saturated rings. The first kappa shape index (κ1) is 16.5. The van der Waals surface area contributed by atoms with E-state index in [-0.39, 0.29) is 10.0 Å². The molecule has 0 saturated heterocycles. The Morgan fingerprint density at radius 1 is 1.16 bits per heavy atom. The van der Waals surface area contributed by atoms with Gasteiger partial charge < -0.3 is 5.32 Å². The number of sulfonamides is 1. The predicted molar refractivity (Wildman–Crippen MR) is 99.2 cm³/mol. The van der Waals surface area contributed by atoms with Crippen molar-refractivity contribution in [2.75, 3.05) is 11.3 Å². The highest BCUT2D eigenvalue weighted by Crippen LogP contribution is 2.35. The fraction of sp³-hybridized carbons (Fsp3) is 0.222. The molecule has 2 heterocycles. The third kappa shape index (κ3) is 3.03. The van der Waals surface area contributed by atoms with Crippen molar-refractivity contribution in [3.8, 4) is 0 Å². The predicted octanol–water partition coefficient (Wildman–Crippen LogP) is 3.80. The summed E-state index contributed by atoms with van der Waals surface area (Å²) in [5, 5.41) is 3.92. The Hall–Kier alpha value is -1.96. The van der Waals surface area contributed by atoms with E-state index >= 15 is 0 Å². The first-order chi connectivity index (χ1) is 11.9. The van der Waals surface area contributed by atoms with Gasteiger partial charge in [0, 0.05) is 16.9 Å². The number of hydrogen-bond donors (Lipinski definition) is 2. The molecular weight excluding hydrogens is 359 g/mol. The molecule has 0 bridgehead atoms. The van der Waals surface area contributed by atoms with Crippen LogP contribution in [-0.2, 0) is 23.0 Å². The summed E-state index contributed by atoms with van der Waals surface area (Å²) in [5.41, 5.74) is 3.48. The summed E-state index contributed by atoms with van der Waals surface area (Å²) in [4.78, 5) is 0. The van der Waals surface area contributed by atoms with E-state index in [4.69, 9.17) is 0 Å². The molecule has 2 N–H and O–H groups in total. The highest BCUT2D eigenvalue weighted by molar-refractivity contribution is 7.94. The molecule has 0 saturated carbocycles. The summed E-state index contributed by atoms with van der Waals surface area (Å²) in [7, 11) is -3.72. The molecule has 1 aromatic heterocycles. The lowest BCUT2D eigenvalue weighted by Gasteiger charge is -2.18. The van der Waals surface area contributed by atoms with E-state index in [9.17, 15) is 12.8 Å². The van der Waals surface area contributed by atoms with Gasteiger partial charge in [0.05, 0.1) is 0 Å². The van der Waals surface area contributed by atoms with E-state index in [0.29, 0.717) is 16.6 Å². The molecule has 1 aliphatic rings. The van der Waals surface area contributed by atoms with Gasteiger partial charge >= 0.3 is 0 Å². The second-order valence-corrected chi connectivity index (χ2v) is 9.10. The molecule has 0 unspecified atom stereocenters. The minimum absolute atomic E-state index is 0.226. The summed E-state index contributed by atoms with van der Waals surface area (Å²) in [6.07, 6.45) is 0.948. The van der Waals surface area contributed by atoms with E-state index in [2.05, 4.69) is 10.0 Å². The minimum atomic E-state index is -3.72. The van der Waals surface area contributed by atoms with Crippen molar-refractivity contribution in [3.63, 3.8) is 0 Å². The normalized spacial score (nSPS) is 14.5. The number of aryl methyl sites for hydroxylation is 1. The van der Waals surface area contributed by atoms with Gasteiger partial charge in [-0.2, -0.15) is 0 Å². The lowest BCUT2D eigenvalue weighted by atomic mass is 10.0. The number of hydrogen-bond acceptors (Lipinski definition) is 4. The van der Waals surface area contributed by atoms with Gasteiger partial charge in [0.1, 0.15) is 10.0 Å². The zero-order valence-electron chi connectivity index (χ0n) is 13.6. The first-order valence-electron chi connectivity index (χ1n) is 7.98. The number of nitrogens with one attached hydrogen (secondary N) is 2. The second kappa shape index (κ2) is 6.09. The van der Waals surface area contributed by atoms with Crippen molar-refractivity contribution in [2.45, 2.75) is 24.1 Å². The molecule has 7 heteroatoms. The minimum Gasteiger partial charge on any atom is -0.312 e. The van der Waals surface area contributed by atoms with Crippen LogP contribution in [0.4, 0.5) is 10.1 Å². The summed E-state index contributed by atoms with van der Waals surface area (Å²) < 4.78 is 42.8. The van der Waals surface area contributed by atoms with Crippen LogP contribution in [0.15, 0.2) is 40.6 Å². The Labute approximate surface area is 149 Å². The number of rotatable bonds is 3. The van der Waals surface area contributed by atoms with Gasteiger partial charge in [-0.1, -0.05) is 6.07 Å². The molecule has 0 aliphatic carbocycles. The smallest absolute Gasteiger partial charge is 0.271 e. The Morgan fingerprint density at radius 3 is 2.84 bits per heavy atom. The summed E-state index contributed by atoms with van der Waals surface area (Å²) >= 11 is 1.16. The Bertz CT molecular complexity index is 1070.